The minimum absolute atomic E-state index is 0.0326. The molecule has 1 aromatic heterocycles. The number of aromatic nitrogens is 2. The van der Waals surface area contributed by atoms with Crippen molar-refractivity contribution in [1.29, 1.82) is 0 Å². The highest BCUT2D eigenvalue weighted by Gasteiger charge is 2.36. The number of amides is 1. The van der Waals surface area contributed by atoms with Crippen LogP contribution >= 0.6 is 0 Å². The largest absolute Gasteiger partial charge is 0.393 e. The fraction of sp³-hybridized carbons (Fsp3) is 0.421. The van der Waals surface area contributed by atoms with Crippen LogP contribution in [0.4, 0.5) is 0 Å². The number of benzene rings is 1. The van der Waals surface area contributed by atoms with Gasteiger partial charge in [0.15, 0.2) is 0 Å². The van der Waals surface area contributed by atoms with E-state index in [9.17, 15) is 14.7 Å². The first-order valence-corrected chi connectivity index (χ1v) is 8.75. The molecular formula is C19H21N3O3. The molecule has 2 aromatic rings. The highest BCUT2D eigenvalue weighted by molar-refractivity contribution is 5.93. The minimum Gasteiger partial charge on any atom is -0.393 e. The van der Waals surface area contributed by atoms with Gasteiger partial charge in [0.25, 0.3) is 11.5 Å². The lowest BCUT2D eigenvalue weighted by Gasteiger charge is -2.38. The normalized spacial score (nSPS) is 23.6. The zero-order valence-electron chi connectivity index (χ0n) is 13.8. The molecule has 1 amide bonds. The van der Waals surface area contributed by atoms with Crippen molar-refractivity contribution in [2.45, 2.75) is 43.7 Å². The Balaban J connectivity index is 1.55. The van der Waals surface area contributed by atoms with Gasteiger partial charge in [0.1, 0.15) is 11.4 Å². The third-order valence-corrected chi connectivity index (χ3v) is 5.09. The number of hydrogen-bond donors (Lipinski definition) is 3. The Labute approximate surface area is 145 Å². The number of aliphatic hydroxyl groups excluding tert-OH is 1. The fourth-order valence-corrected chi connectivity index (χ4v) is 3.39. The standard InChI is InChI=1S/C19H21N3O3/c23-14-8-13(9-14)16(11-4-2-1-3-5-11)21-18(24)15-10-20-17(12-6-7-12)22-19(15)25/h1-5,10,12-14,16,23H,6-9H2,(H,21,24)(H,20,22,25)/t13?,14?,16-/m1/s1. The van der Waals surface area contributed by atoms with E-state index < -0.39 is 11.5 Å². The Hall–Kier alpha value is -2.47. The van der Waals surface area contributed by atoms with E-state index >= 15 is 0 Å². The van der Waals surface area contributed by atoms with E-state index in [1.807, 2.05) is 30.3 Å². The molecule has 6 heteroatoms. The minimum atomic E-state index is -0.425. The van der Waals surface area contributed by atoms with Gasteiger partial charge in [0, 0.05) is 12.1 Å². The van der Waals surface area contributed by atoms with E-state index in [4.69, 9.17) is 0 Å². The van der Waals surface area contributed by atoms with Gasteiger partial charge in [-0.25, -0.2) is 4.98 Å². The molecule has 0 unspecified atom stereocenters. The summed E-state index contributed by atoms with van der Waals surface area (Å²) >= 11 is 0. The van der Waals surface area contributed by atoms with Crippen LogP contribution in [-0.2, 0) is 0 Å². The van der Waals surface area contributed by atoms with Gasteiger partial charge in [-0.1, -0.05) is 30.3 Å². The van der Waals surface area contributed by atoms with Gasteiger partial charge < -0.3 is 15.4 Å². The first-order chi connectivity index (χ1) is 12.1. The zero-order chi connectivity index (χ0) is 17.4. The van der Waals surface area contributed by atoms with Crippen molar-refractivity contribution in [2.75, 3.05) is 0 Å². The lowest BCUT2D eigenvalue weighted by Crippen LogP contribution is -2.42. The molecule has 0 aliphatic heterocycles. The summed E-state index contributed by atoms with van der Waals surface area (Å²) in [6.45, 7) is 0. The van der Waals surface area contributed by atoms with Crippen LogP contribution in [0.2, 0.25) is 0 Å². The highest BCUT2D eigenvalue weighted by atomic mass is 16.3. The molecule has 1 aromatic carbocycles. The summed E-state index contributed by atoms with van der Waals surface area (Å²) in [6.07, 6.45) is 4.43. The summed E-state index contributed by atoms with van der Waals surface area (Å²) in [4.78, 5) is 31.8. The summed E-state index contributed by atoms with van der Waals surface area (Å²) < 4.78 is 0. The van der Waals surface area contributed by atoms with Crippen molar-refractivity contribution < 1.29 is 9.90 Å². The summed E-state index contributed by atoms with van der Waals surface area (Å²) in [5, 5.41) is 12.6. The van der Waals surface area contributed by atoms with Crippen molar-refractivity contribution in [3.63, 3.8) is 0 Å². The Morgan fingerprint density at radius 2 is 1.96 bits per heavy atom. The van der Waals surface area contributed by atoms with E-state index in [-0.39, 0.29) is 23.6 Å². The smallest absolute Gasteiger partial charge is 0.263 e. The van der Waals surface area contributed by atoms with Gasteiger partial charge in [-0.2, -0.15) is 0 Å². The van der Waals surface area contributed by atoms with Crippen LogP contribution in [0.1, 0.15) is 59.4 Å². The SMILES string of the molecule is O=C(N[C@H](c1ccccc1)C1CC(O)C1)c1cnc(C2CC2)[nH]c1=O. The van der Waals surface area contributed by atoms with Gasteiger partial charge in [-0.15, -0.1) is 0 Å². The van der Waals surface area contributed by atoms with Gasteiger partial charge in [0.2, 0.25) is 0 Å². The third kappa shape index (κ3) is 3.35. The molecule has 2 saturated carbocycles. The fourth-order valence-electron chi connectivity index (χ4n) is 3.39. The molecule has 0 saturated heterocycles. The molecule has 0 spiro atoms. The van der Waals surface area contributed by atoms with Crippen LogP contribution in [0, 0.1) is 5.92 Å². The first kappa shape index (κ1) is 16.0. The molecule has 2 fully saturated rings. The third-order valence-electron chi connectivity index (χ3n) is 5.09. The van der Waals surface area contributed by atoms with Crippen LogP contribution in [0.5, 0.6) is 0 Å². The predicted octanol–water partition coefficient (Wildman–Crippen LogP) is 1.89. The second-order valence-electron chi connectivity index (χ2n) is 7.03. The van der Waals surface area contributed by atoms with Gasteiger partial charge in [-0.3, -0.25) is 9.59 Å². The maximum absolute atomic E-state index is 12.6. The molecule has 2 aliphatic carbocycles. The number of aromatic amines is 1. The molecule has 0 radical (unpaired) electrons. The van der Waals surface area contributed by atoms with Crippen LogP contribution in [0.3, 0.4) is 0 Å². The van der Waals surface area contributed by atoms with Crippen molar-refractivity contribution in [3.05, 3.63) is 63.8 Å². The predicted molar refractivity (Wildman–Crippen MR) is 92.2 cm³/mol. The average molecular weight is 339 g/mol. The molecule has 1 atom stereocenters. The van der Waals surface area contributed by atoms with E-state index in [0.717, 1.165) is 18.4 Å². The quantitative estimate of drug-likeness (QED) is 0.775. The number of hydrogen-bond acceptors (Lipinski definition) is 4. The van der Waals surface area contributed by atoms with Crippen molar-refractivity contribution in [1.82, 2.24) is 15.3 Å². The van der Waals surface area contributed by atoms with E-state index in [0.29, 0.717) is 24.6 Å². The molecule has 6 nitrogen and oxygen atoms in total. The zero-order valence-corrected chi connectivity index (χ0v) is 13.8. The van der Waals surface area contributed by atoms with Crippen LogP contribution in [-0.4, -0.2) is 27.1 Å². The second-order valence-corrected chi connectivity index (χ2v) is 7.03. The molecule has 1 heterocycles. The Kier molecular flexibility index (Phi) is 4.13. The highest BCUT2D eigenvalue weighted by Crippen LogP contribution is 2.38. The molecule has 0 bridgehead atoms. The monoisotopic (exact) mass is 339 g/mol. The number of carbonyl (C=O) groups excluding carboxylic acids is 1. The maximum Gasteiger partial charge on any atom is 0.263 e. The summed E-state index contributed by atoms with van der Waals surface area (Å²) in [5.74, 6) is 0.743. The van der Waals surface area contributed by atoms with Gasteiger partial charge >= 0.3 is 0 Å². The molecular weight excluding hydrogens is 318 g/mol. The van der Waals surface area contributed by atoms with E-state index in [1.54, 1.807) is 0 Å². The maximum atomic E-state index is 12.6. The Morgan fingerprint density at radius 1 is 1.24 bits per heavy atom. The van der Waals surface area contributed by atoms with Gasteiger partial charge in [0.05, 0.1) is 12.1 Å². The van der Waals surface area contributed by atoms with Crippen LogP contribution in [0.25, 0.3) is 0 Å². The lowest BCUT2D eigenvalue weighted by molar-refractivity contribution is 0.0235. The number of H-pyrrole nitrogens is 1. The Morgan fingerprint density at radius 3 is 2.56 bits per heavy atom. The molecule has 2 aliphatic rings. The molecule has 4 rings (SSSR count). The first-order valence-electron chi connectivity index (χ1n) is 8.75. The van der Waals surface area contributed by atoms with Crippen molar-refractivity contribution in [3.8, 4) is 0 Å². The number of nitrogens with one attached hydrogen (secondary N) is 2. The van der Waals surface area contributed by atoms with Crippen LogP contribution < -0.4 is 10.9 Å². The molecule has 130 valence electrons. The Bertz CT molecular complexity index is 823. The second kappa shape index (κ2) is 6.44. The number of nitrogens with zero attached hydrogens (tertiary/aromatic N) is 1. The number of aliphatic hydroxyl groups is 1. The van der Waals surface area contributed by atoms with E-state index in [1.165, 1.54) is 6.20 Å². The summed E-state index contributed by atoms with van der Waals surface area (Å²) in [5.41, 5.74) is 0.617. The molecule has 3 N–H and O–H groups in total. The molecule has 25 heavy (non-hydrogen) atoms. The lowest BCUT2D eigenvalue weighted by atomic mass is 9.75. The van der Waals surface area contributed by atoms with Crippen molar-refractivity contribution >= 4 is 5.91 Å². The van der Waals surface area contributed by atoms with Gasteiger partial charge in [-0.05, 0) is 37.2 Å². The number of rotatable bonds is 5. The van der Waals surface area contributed by atoms with Crippen LogP contribution in [0.15, 0.2) is 41.3 Å². The topological polar surface area (TPSA) is 95.1 Å². The number of carbonyl (C=O) groups is 1. The average Bonchev–Trinajstić information content (AvgIpc) is 3.43. The van der Waals surface area contributed by atoms with E-state index in [2.05, 4.69) is 15.3 Å². The summed E-state index contributed by atoms with van der Waals surface area (Å²) in [6, 6.07) is 9.44. The summed E-state index contributed by atoms with van der Waals surface area (Å²) in [7, 11) is 0. The van der Waals surface area contributed by atoms with Crippen molar-refractivity contribution in [2.24, 2.45) is 5.92 Å².